The molecular formula is C18H17BrN2O5. The van der Waals surface area contributed by atoms with Crippen molar-refractivity contribution in [1.29, 1.82) is 0 Å². The molecule has 136 valence electrons. The first-order chi connectivity index (χ1) is 12.3. The molecule has 2 aromatic rings. The van der Waals surface area contributed by atoms with E-state index in [1.807, 2.05) is 24.3 Å². The number of rotatable bonds is 6. The van der Waals surface area contributed by atoms with Gasteiger partial charge in [-0.3, -0.25) is 14.9 Å². The maximum Gasteiger partial charge on any atom is 0.338 e. The van der Waals surface area contributed by atoms with Gasteiger partial charge in [-0.15, -0.1) is 0 Å². The number of carbonyl (C=O) groups is 2. The molecule has 7 nitrogen and oxygen atoms in total. The Kier molecular flexibility index (Phi) is 6.46. The van der Waals surface area contributed by atoms with Gasteiger partial charge < -0.3 is 9.64 Å². The summed E-state index contributed by atoms with van der Waals surface area (Å²) < 4.78 is 5.73. The summed E-state index contributed by atoms with van der Waals surface area (Å²) in [4.78, 5) is 36.5. The average molecular weight is 421 g/mol. The SMILES string of the molecule is CCOC(=O)c1cc(C(=O)N(C)Cc2ccccc2Br)cc([N+](=O)[O-])c1. The van der Waals surface area contributed by atoms with Gasteiger partial charge in [0, 0.05) is 35.8 Å². The topological polar surface area (TPSA) is 89.8 Å². The van der Waals surface area contributed by atoms with Crippen molar-refractivity contribution in [2.24, 2.45) is 0 Å². The molecule has 8 heteroatoms. The molecule has 26 heavy (non-hydrogen) atoms. The highest BCUT2D eigenvalue weighted by Crippen LogP contribution is 2.21. The van der Waals surface area contributed by atoms with Gasteiger partial charge in [0.15, 0.2) is 0 Å². The molecule has 0 N–H and O–H groups in total. The Labute approximate surface area is 158 Å². The summed E-state index contributed by atoms with van der Waals surface area (Å²) in [6, 6.07) is 11.0. The van der Waals surface area contributed by atoms with Crippen LogP contribution in [0.3, 0.4) is 0 Å². The molecular weight excluding hydrogens is 404 g/mol. The molecule has 0 aromatic heterocycles. The number of amides is 1. The van der Waals surface area contributed by atoms with Gasteiger partial charge in [-0.1, -0.05) is 34.1 Å². The fraction of sp³-hybridized carbons (Fsp3) is 0.222. The van der Waals surface area contributed by atoms with Crippen LogP contribution < -0.4 is 0 Å². The third-order valence-electron chi connectivity index (χ3n) is 3.60. The summed E-state index contributed by atoms with van der Waals surface area (Å²) in [5.41, 5.74) is 0.572. The number of nitro benzene ring substituents is 1. The molecule has 1 amide bonds. The maximum absolute atomic E-state index is 12.7. The second-order valence-corrected chi connectivity index (χ2v) is 6.35. The van der Waals surface area contributed by atoms with E-state index in [0.717, 1.165) is 22.2 Å². The van der Waals surface area contributed by atoms with Gasteiger partial charge in [0.2, 0.25) is 0 Å². The van der Waals surface area contributed by atoms with Gasteiger partial charge in [-0.05, 0) is 24.6 Å². The second-order valence-electron chi connectivity index (χ2n) is 5.50. The number of ether oxygens (including phenoxy) is 1. The van der Waals surface area contributed by atoms with E-state index < -0.39 is 16.8 Å². The minimum atomic E-state index is -0.710. The number of carbonyl (C=O) groups excluding carboxylic acids is 2. The van der Waals surface area contributed by atoms with Crippen molar-refractivity contribution in [2.45, 2.75) is 13.5 Å². The van der Waals surface area contributed by atoms with Crippen molar-refractivity contribution in [3.05, 3.63) is 73.7 Å². The largest absolute Gasteiger partial charge is 0.462 e. The number of benzene rings is 2. The molecule has 0 aliphatic rings. The second kappa shape index (κ2) is 8.57. The Morgan fingerprint density at radius 2 is 1.85 bits per heavy atom. The van der Waals surface area contributed by atoms with E-state index in [9.17, 15) is 19.7 Å². The summed E-state index contributed by atoms with van der Waals surface area (Å²) in [5.74, 6) is -1.14. The Morgan fingerprint density at radius 1 is 1.19 bits per heavy atom. The summed E-state index contributed by atoms with van der Waals surface area (Å²) in [5, 5.41) is 11.1. The minimum absolute atomic E-state index is 0.0290. The van der Waals surface area contributed by atoms with Crippen LogP contribution in [0.5, 0.6) is 0 Å². The van der Waals surface area contributed by atoms with E-state index in [-0.39, 0.29) is 23.4 Å². The number of halogens is 1. The summed E-state index contributed by atoms with van der Waals surface area (Å²) >= 11 is 3.42. The smallest absolute Gasteiger partial charge is 0.338 e. The lowest BCUT2D eigenvalue weighted by molar-refractivity contribution is -0.384. The normalized spacial score (nSPS) is 10.3. The van der Waals surface area contributed by atoms with Crippen LogP contribution in [0.2, 0.25) is 0 Å². The van der Waals surface area contributed by atoms with Crippen LogP contribution in [0.1, 0.15) is 33.2 Å². The lowest BCUT2D eigenvalue weighted by Crippen LogP contribution is -2.26. The number of nitrogens with zero attached hydrogens (tertiary/aromatic N) is 2. The third kappa shape index (κ3) is 4.66. The van der Waals surface area contributed by atoms with Crippen molar-refractivity contribution in [1.82, 2.24) is 4.90 Å². The molecule has 0 saturated carbocycles. The Morgan fingerprint density at radius 3 is 2.46 bits per heavy atom. The van der Waals surface area contributed by atoms with Crippen LogP contribution in [0.25, 0.3) is 0 Å². The fourth-order valence-corrected chi connectivity index (χ4v) is 2.76. The van der Waals surface area contributed by atoms with E-state index >= 15 is 0 Å². The predicted molar refractivity (Wildman–Crippen MR) is 99.0 cm³/mol. The van der Waals surface area contributed by atoms with E-state index in [4.69, 9.17) is 4.74 Å². The quantitative estimate of drug-likeness (QED) is 0.402. The first-order valence-corrected chi connectivity index (χ1v) is 8.58. The molecule has 2 rings (SSSR count). The van der Waals surface area contributed by atoms with Gasteiger partial charge in [0.05, 0.1) is 17.1 Å². The van der Waals surface area contributed by atoms with Crippen LogP contribution in [0.15, 0.2) is 46.9 Å². The zero-order valence-electron chi connectivity index (χ0n) is 14.3. The molecule has 0 unspecified atom stereocenters. The first kappa shape index (κ1) is 19.6. The van der Waals surface area contributed by atoms with Crippen molar-refractivity contribution < 1.29 is 19.2 Å². The van der Waals surface area contributed by atoms with Crippen LogP contribution >= 0.6 is 15.9 Å². The fourth-order valence-electron chi connectivity index (χ4n) is 2.35. The van der Waals surface area contributed by atoms with Gasteiger partial charge in [0.25, 0.3) is 11.6 Å². The monoisotopic (exact) mass is 420 g/mol. The molecule has 0 spiro atoms. The zero-order chi connectivity index (χ0) is 19.3. The Balaban J connectivity index is 2.33. The third-order valence-corrected chi connectivity index (χ3v) is 4.37. The standard InChI is InChI=1S/C18H17BrN2O5/c1-3-26-18(23)14-8-13(9-15(10-14)21(24)25)17(22)20(2)11-12-6-4-5-7-16(12)19/h4-10H,3,11H2,1-2H3. The summed E-state index contributed by atoms with van der Waals surface area (Å²) in [7, 11) is 1.59. The maximum atomic E-state index is 12.7. The minimum Gasteiger partial charge on any atom is -0.462 e. The molecule has 0 aliphatic carbocycles. The first-order valence-electron chi connectivity index (χ1n) is 7.79. The molecule has 0 fully saturated rings. The zero-order valence-corrected chi connectivity index (χ0v) is 15.9. The molecule has 0 heterocycles. The Bertz CT molecular complexity index is 853. The molecule has 0 atom stereocenters. The number of hydrogen-bond donors (Lipinski definition) is 0. The van der Waals surface area contributed by atoms with E-state index in [1.54, 1.807) is 14.0 Å². The lowest BCUT2D eigenvalue weighted by Gasteiger charge is -2.18. The number of hydrogen-bond acceptors (Lipinski definition) is 5. The van der Waals surface area contributed by atoms with Crippen molar-refractivity contribution in [3.8, 4) is 0 Å². The van der Waals surface area contributed by atoms with Gasteiger partial charge >= 0.3 is 5.97 Å². The lowest BCUT2D eigenvalue weighted by atomic mass is 10.1. The van der Waals surface area contributed by atoms with Crippen LogP contribution in [0.4, 0.5) is 5.69 Å². The Hall–Kier alpha value is -2.74. The van der Waals surface area contributed by atoms with E-state index in [0.29, 0.717) is 6.54 Å². The molecule has 0 bridgehead atoms. The van der Waals surface area contributed by atoms with Crippen molar-refractivity contribution in [3.63, 3.8) is 0 Å². The number of non-ortho nitro benzene ring substituents is 1. The van der Waals surface area contributed by atoms with Gasteiger partial charge in [-0.2, -0.15) is 0 Å². The van der Waals surface area contributed by atoms with Crippen molar-refractivity contribution >= 4 is 33.5 Å². The van der Waals surface area contributed by atoms with Gasteiger partial charge in [0.1, 0.15) is 0 Å². The van der Waals surface area contributed by atoms with Crippen LogP contribution in [-0.4, -0.2) is 35.4 Å². The van der Waals surface area contributed by atoms with Gasteiger partial charge in [-0.25, -0.2) is 4.79 Å². The summed E-state index contributed by atoms with van der Waals surface area (Å²) in [6.07, 6.45) is 0. The highest BCUT2D eigenvalue weighted by molar-refractivity contribution is 9.10. The van der Waals surface area contributed by atoms with E-state index in [1.165, 1.54) is 11.0 Å². The number of nitro groups is 1. The molecule has 0 saturated heterocycles. The van der Waals surface area contributed by atoms with Crippen LogP contribution in [-0.2, 0) is 11.3 Å². The molecule has 0 radical (unpaired) electrons. The highest BCUT2D eigenvalue weighted by Gasteiger charge is 2.21. The van der Waals surface area contributed by atoms with E-state index in [2.05, 4.69) is 15.9 Å². The average Bonchev–Trinajstić information content (AvgIpc) is 2.62. The summed E-state index contributed by atoms with van der Waals surface area (Å²) in [6.45, 7) is 2.07. The highest BCUT2D eigenvalue weighted by atomic mass is 79.9. The van der Waals surface area contributed by atoms with Crippen LogP contribution in [0, 0.1) is 10.1 Å². The molecule has 0 aliphatic heterocycles. The number of esters is 1. The predicted octanol–water partition coefficient (Wildman–Crippen LogP) is 3.81. The molecule has 2 aromatic carbocycles. The van der Waals surface area contributed by atoms with Crippen molar-refractivity contribution in [2.75, 3.05) is 13.7 Å².